The van der Waals surface area contributed by atoms with Crippen LogP contribution in [0.15, 0.2) is 30.9 Å². The van der Waals surface area contributed by atoms with E-state index in [9.17, 15) is 5.11 Å². The maximum atomic E-state index is 9.67. The van der Waals surface area contributed by atoms with Gasteiger partial charge in [-0.15, -0.1) is 6.58 Å². The molecule has 0 aliphatic heterocycles. The van der Waals surface area contributed by atoms with Crippen LogP contribution in [0, 0.1) is 5.92 Å². The summed E-state index contributed by atoms with van der Waals surface area (Å²) < 4.78 is 0. The maximum Gasteiger partial charge on any atom is 0.119 e. The van der Waals surface area contributed by atoms with Gasteiger partial charge in [-0.25, -0.2) is 0 Å². The van der Waals surface area contributed by atoms with Crippen molar-refractivity contribution < 1.29 is 10.2 Å². The van der Waals surface area contributed by atoms with Gasteiger partial charge in [-0.1, -0.05) is 51.8 Å². The molecule has 0 bridgehead atoms. The molecule has 0 spiro atoms. The largest absolute Gasteiger partial charge is 0.508 e. The molecule has 0 amide bonds. The first-order valence-corrected chi connectivity index (χ1v) is 8.65. The number of benzene rings is 1. The van der Waals surface area contributed by atoms with Gasteiger partial charge < -0.3 is 10.2 Å². The van der Waals surface area contributed by atoms with E-state index >= 15 is 0 Å². The lowest BCUT2D eigenvalue weighted by molar-refractivity contribution is 0.295. The van der Waals surface area contributed by atoms with Crippen molar-refractivity contribution >= 4 is 0 Å². The van der Waals surface area contributed by atoms with Crippen molar-refractivity contribution in [1.29, 1.82) is 0 Å². The number of phenols is 1. The highest BCUT2D eigenvalue weighted by Gasteiger charge is 2.19. The van der Waals surface area contributed by atoms with Crippen molar-refractivity contribution in [2.24, 2.45) is 5.92 Å². The molecule has 1 aromatic rings. The molecule has 1 atom stereocenters. The molecule has 0 fully saturated rings. The molecule has 1 aromatic carbocycles. The minimum Gasteiger partial charge on any atom is -0.508 e. The first-order valence-electron chi connectivity index (χ1n) is 8.65. The Morgan fingerprint density at radius 3 is 2.36 bits per heavy atom. The van der Waals surface area contributed by atoms with Crippen molar-refractivity contribution in [1.82, 2.24) is 0 Å². The highest BCUT2D eigenvalue weighted by atomic mass is 16.3. The van der Waals surface area contributed by atoms with E-state index < -0.39 is 0 Å². The first-order chi connectivity index (χ1) is 10.6. The third-order valence-electron chi connectivity index (χ3n) is 3.77. The first kappa shape index (κ1) is 20.7. The van der Waals surface area contributed by atoms with Crippen LogP contribution in [-0.2, 0) is 12.8 Å². The summed E-state index contributed by atoms with van der Waals surface area (Å²) in [6.07, 6.45) is 9.91. The molecular weight excluding hydrogens is 272 g/mol. The molecule has 1 aliphatic rings. The molecule has 1 aliphatic carbocycles. The van der Waals surface area contributed by atoms with Gasteiger partial charge in [0.25, 0.3) is 0 Å². The summed E-state index contributed by atoms with van der Waals surface area (Å²) in [4.78, 5) is 0. The normalized spacial score (nSPS) is 15.5. The number of aliphatic hydroxyl groups is 1. The molecule has 0 radical (unpaired) electrons. The summed E-state index contributed by atoms with van der Waals surface area (Å²) in [6, 6.07) is 5.93. The Kier molecular flexibility index (Phi) is 12.6. The van der Waals surface area contributed by atoms with E-state index in [0.717, 1.165) is 31.6 Å². The predicted octanol–water partition coefficient (Wildman–Crippen LogP) is 5.27. The third kappa shape index (κ3) is 8.23. The van der Waals surface area contributed by atoms with Crippen LogP contribution in [0.5, 0.6) is 5.75 Å². The van der Waals surface area contributed by atoms with Gasteiger partial charge in [-0.2, -0.15) is 0 Å². The smallest absolute Gasteiger partial charge is 0.119 e. The molecule has 2 heteroatoms. The van der Waals surface area contributed by atoms with E-state index in [1.165, 1.54) is 30.4 Å². The Bertz CT molecular complexity index is 397. The fourth-order valence-electron chi connectivity index (χ4n) is 2.52. The highest BCUT2D eigenvalue weighted by molar-refractivity contribution is 5.40. The van der Waals surface area contributed by atoms with Gasteiger partial charge in [-0.3, -0.25) is 0 Å². The topological polar surface area (TPSA) is 40.5 Å². The monoisotopic (exact) mass is 306 g/mol. The second kappa shape index (κ2) is 13.4. The van der Waals surface area contributed by atoms with Crippen LogP contribution in [0.2, 0.25) is 0 Å². The summed E-state index contributed by atoms with van der Waals surface area (Å²) >= 11 is 0. The second-order valence-corrected chi connectivity index (χ2v) is 5.73. The lowest BCUT2D eigenvalue weighted by Gasteiger charge is -2.24. The lowest BCUT2D eigenvalue weighted by Crippen LogP contribution is -2.13. The van der Waals surface area contributed by atoms with Crippen LogP contribution in [0.4, 0.5) is 0 Å². The van der Waals surface area contributed by atoms with Gasteiger partial charge in [0.15, 0.2) is 0 Å². The van der Waals surface area contributed by atoms with Gasteiger partial charge in [0, 0.05) is 6.61 Å². The average molecular weight is 306 g/mol. The van der Waals surface area contributed by atoms with Crippen molar-refractivity contribution in [2.75, 3.05) is 6.61 Å². The number of hydrogen-bond donors (Lipinski definition) is 2. The fourth-order valence-corrected chi connectivity index (χ4v) is 2.52. The summed E-state index contributed by atoms with van der Waals surface area (Å²) in [5, 5.41) is 17.5. The number of fused-ring (bicyclic) bond motifs is 1. The Morgan fingerprint density at radius 2 is 1.86 bits per heavy atom. The van der Waals surface area contributed by atoms with Crippen LogP contribution >= 0.6 is 0 Å². The number of hydrogen-bond acceptors (Lipinski definition) is 2. The minimum atomic E-state index is 0.319. The van der Waals surface area contributed by atoms with E-state index in [4.69, 9.17) is 5.11 Å². The molecule has 0 heterocycles. The van der Waals surface area contributed by atoms with E-state index in [2.05, 4.69) is 26.5 Å². The van der Waals surface area contributed by atoms with Crippen molar-refractivity contribution in [3.05, 3.63) is 42.0 Å². The molecule has 1 unspecified atom stereocenters. The Morgan fingerprint density at radius 1 is 1.23 bits per heavy atom. The van der Waals surface area contributed by atoms with E-state index in [1.807, 2.05) is 19.1 Å². The molecule has 0 aromatic heterocycles. The van der Waals surface area contributed by atoms with Gasteiger partial charge in [0.1, 0.15) is 5.75 Å². The Balaban J connectivity index is 0.000000464. The summed E-state index contributed by atoms with van der Waals surface area (Å²) in [7, 11) is 0. The zero-order chi connectivity index (χ0) is 16.8. The summed E-state index contributed by atoms with van der Waals surface area (Å²) in [5.74, 6) is 1.34. The number of rotatable bonds is 4. The van der Waals surface area contributed by atoms with Gasteiger partial charge in [0.2, 0.25) is 0 Å². The van der Waals surface area contributed by atoms with Gasteiger partial charge >= 0.3 is 0 Å². The molecule has 22 heavy (non-hydrogen) atoms. The van der Waals surface area contributed by atoms with Crippen molar-refractivity contribution in [2.45, 2.75) is 65.7 Å². The Labute approximate surface area is 136 Å². The van der Waals surface area contributed by atoms with E-state index in [1.54, 1.807) is 6.07 Å². The second-order valence-electron chi connectivity index (χ2n) is 5.73. The average Bonchev–Trinajstić information content (AvgIpc) is 2.56. The molecule has 2 nitrogen and oxygen atoms in total. The van der Waals surface area contributed by atoms with Crippen LogP contribution in [-0.4, -0.2) is 16.8 Å². The van der Waals surface area contributed by atoms with Crippen molar-refractivity contribution in [3.8, 4) is 5.75 Å². The number of phenolic OH excluding ortho intramolecular Hbond substituents is 1. The number of aromatic hydroxyl groups is 1. The van der Waals surface area contributed by atoms with E-state index in [0.29, 0.717) is 12.4 Å². The molecule has 126 valence electrons. The van der Waals surface area contributed by atoms with Gasteiger partial charge in [-0.05, 0) is 55.2 Å². The van der Waals surface area contributed by atoms with Crippen LogP contribution in [0.3, 0.4) is 0 Å². The predicted molar refractivity (Wildman–Crippen MR) is 96.4 cm³/mol. The molecule has 2 N–H and O–H groups in total. The standard InChI is InChI=1S/C13H18O.C4H8.C3H8O/c1-2-4-10-7-8-12-11(9-10)5-3-6-13(12)14;1-3-4-2;1-2-3-4/h3,5-6,10,14H,2,4,7-9H2,1H3;3H,1,4H2,2H3;4H,2-3H2,1H3. The SMILES string of the molecule is C=CCC.CCCC1CCc2c(O)cccc2C1.CCCO. The summed E-state index contributed by atoms with van der Waals surface area (Å²) in [5.41, 5.74) is 2.56. The van der Waals surface area contributed by atoms with Crippen LogP contribution in [0.1, 0.15) is 64.0 Å². The Hall–Kier alpha value is -1.28. The number of aliphatic hydroxyl groups excluding tert-OH is 1. The quantitative estimate of drug-likeness (QED) is 0.744. The van der Waals surface area contributed by atoms with Gasteiger partial charge in [0.05, 0.1) is 0 Å². The van der Waals surface area contributed by atoms with Crippen molar-refractivity contribution in [3.63, 3.8) is 0 Å². The highest BCUT2D eigenvalue weighted by Crippen LogP contribution is 2.32. The molecule has 0 saturated carbocycles. The minimum absolute atomic E-state index is 0.319. The summed E-state index contributed by atoms with van der Waals surface area (Å²) in [6.45, 7) is 10.0. The molecular formula is C20H34O2. The maximum absolute atomic E-state index is 9.67. The lowest BCUT2D eigenvalue weighted by atomic mass is 9.81. The van der Waals surface area contributed by atoms with Crippen LogP contribution in [0.25, 0.3) is 0 Å². The zero-order valence-corrected chi connectivity index (χ0v) is 14.6. The molecule has 2 rings (SSSR count). The third-order valence-corrected chi connectivity index (χ3v) is 3.77. The fraction of sp³-hybridized carbons (Fsp3) is 0.600. The van der Waals surface area contributed by atoms with Crippen LogP contribution < -0.4 is 0 Å². The zero-order valence-electron chi connectivity index (χ0n) is 14.6. The number of allylic oxidation sites excluding steroid dienone is 1. The van der Waals surface area contributed by atoms with E-state index in [-0.39, 0.29) is 0 Å². The molecule has 0 saturated heterocycles.